The van der Waals surface area contributed by atoms with Crippen LogP contribution in [0.4, 0.5) is 15.0 Å². The Morgan fingerprint density at radius 3 is 2.63 bits per heavy atom. The lowest BCUT2D eigenvalue weighted by atomic mass is 9.96. The predicted molar refractivity (Wildman–Crippen MR) is 167 cm³/mol. The number of pyridine rings is 1. The zero-order valence-electron chi connectivity index (χ0n) is 25.5. The number of imide groups is 1. The minimum absolute atomic E-state index is 0.0103. The van der Waals surface area contributed by atoms with Crippen molar-refractivity contribution in [3.63, 3.8) is 0 Å². The first-order valence-corrected chi connectivity index (χ1v) is 15.2. The van der Waals surface area contributed by atoms with Gasteiger partial charge in [-0.25, -0.2) is 23.9 Å². The largest absolute Gasteiger partial charge is 0.489 e. The van der Waals surface area contributed by atoms with E-state index in [9.17, 15) is 18.8 Å². The molecule has 4 aromatic rings. The molecule has 2 aliphatic heterocycles. The number of ether oxygens (including phenoxy) is 2. The molecule has 2 aromatic carbocycles. The Kier molecular flexibility index (Phi) is 8.49. The summed E-state index contributed by atoms with van der Waals surface area (Å²) >= 11 is 6.12. The van der Waals surface area contributed by atoms with Crippen molar-refractivity contribution in [3.05, 3.63) is 94.0 Å². The summed E-state index contributed by atoms with van der Waals surface area (Å²) in [6, 6.07) is 15.1. The minimum atomic E-state index is -1.20. The maximum absolute atomic E-state index is 14.2. The summed E-state index contributed by atoms with van der Waals surface area (Å²) in [7, 11) is 1.77. The van der Waals surface area contributed by atoms with Gasteiger partial charge in [-0.15, -0.1) is 0 Å². The number of imidazole rings is 1. The number of hydrogen-bond acceptors (Lipinski definition) is 8. The molecule has 1 unspecified atom stereocenters. The zero-order valence-corrected chi connectivity index (χ0v) is 26.3. The highest BCUT2D eigenvalue weighted by Gasteiger charge is 2.50. The molecule has 4 heterocycles. The average molecular weight is 647 g/mol. The first-order chi connectivity index (χ1) is 22.1. The first-order valence-electron chi connectivity index (χ1n) is 14.8. The van der Waals surface area contributed by atoms with Gasteiger partial charge in [-0.3, -0.25) is 19.9 Å². The van der Waals surface area contributed by atoms with Gasteiger partial charge in [0.05, 0.1) is 23.5 Å². The number of esters is 1. The fourth-order valence-electron chi connectivity index (χ4n) is 5.80. The number of halogens is 2. The van der Waals surface area contributed by atoms with Crippen LogP contribution in [0.2, 0.25) is 5.02 Å². The van der Waals surface area contributed by atoms with Crippen molar-refractivity contribution in [1.82, 2.24) is 24.8 Å². The standard InChI is InChI=1S/C33H32ClFN6O5/c1-4-45-31(43)33(2)29-21(10-13-26(37-29)30-36-16-28(39(30)3)41-15-14-27(42)38-32(41)44)18-40(33)17-20-8-11-22(12-9-20)46-19-23-24(34)6-5-7-25(23)35/h5-13,16H,4,14-15,17-19H2,1-3H3,(H,38,42,44). The van der Waals surface area contributed by atoms with Crippen LogP contribution in [0.3, 0.4) is 0 Å². The number of rotatable bonds is 9. The Morgan fingerprint density at radius 2 is 1.91 bits per heavy atom. The van der Waals surface area contributed by atoms with E-state index in [0.717, 1.165) is 11.1 Å². The fraction of sp³-hybridized carbons (Fsp3) is 0.303. The molecule has 1 saturated heterocycles. The summed E-state index contributed by atoms with van der Waals surface area (Å²) in [4.78, 5) is 50.6. The number of benzene rings is 2. The van der Waals surface area contributed by atoms with Crippen molar-refractivity contribution < 1.29 is 28.2 Å². The van der Waals surface area contributed by atoms with E-state index in [1.165, 1.54) is 11.0 Å². The molecule has 0 saturated carbocycles. The second-order valence-electron chi connectivity index (χ2n) is 11.2. The van der Waals surface area contributed by atoms with Crippen molar-refractivity contribution in [2.45, 2.75) is 45.5 Å². The van der Waals surface area contributed by atoms with Gasteiger partial charge in [-0.2, -0.15) is 0 Å². The number of carbonyl (C=O) groups is 3. The Bertz CT molecular complexity index is 1810. The Balaban J connectivity index is 1.24. The number of hydrogen-bond donors (Lipinski definition) is 1. The smallest absolute Gasteiger partial charge is 0.332 e. The number of fused-ring (bicyclic) bond motifs is 1. The maximum Gasteiger partial charge on any atom is 0.332 e. The maximum atomic E-state index is 14.2. The Morgan fingerprint density at radius 1 is 1.13 bits per heavy atom. The number of nitrogens with zero attached hydrogens (tertiary/aromatic N) is 5. The Hall–Kier alpha value is -4.81. The lowest BCUT2D eigenvalue weighted by Gasteiger charge is -2.33. The summed E-state index contributed by atoms with van der Waals surface area (Å²) in [6.45, 7) is 4.87. The van der Waals surface area contributed by atoms with Crippen LogP contribution in [0.1, 0.15) is 42.7 Å². The lowest BCUT2D eigenvalue weighted by molar-refractivity contribution is -0.157. The molecule has 0 aliphatic carbocycles. The minimum Gasteiger partial charge on any atom is -0.489 e. The summed E-state index contributed by atoms with van der Waals surface area (Å²) in [5.74, 6) is 0.399. The highest BCUT2D eigenvalue weighted by atomic mass is 35.5. The molecule has 0 radical (unpaired) electrons. The van der Waals surface area contributed by atoms with Crippen LogP contribution in [-0.2, 0) is 46.6 Å². The van der Waals surface area contributed by atoms with Crippen LogP contribution >= 0.6 is 11.6 Å². The topological polar surface area (TPSA) is 119 Å². The molecular weight excluding hydrogens is 615 g/mol. The van der Waals surface area contributed by atoms with Crippen LogP contribution in [-0.4, -0.2) is 50.5 Å². The van der Waals surface area contributed by atoms with Crippen molar-refractivity contribution in [2.75, 3.05) is 18.1 Å². The first kappa shape index (κ1) is 31.2. The normalized spacial score (nSPS) is 18.0. The quantitative estimate of drug-likeness (QED) is 0.250. The molecule has 2 aromatic heterocycles. The van der Waals surface area contributed by atoms with Gasteiger partial charge in [-0.1, -0.05) is 35.9 Å². The summed E-state index contributed by atoms with van der Waals surface area (Å²) < 4.78 is 27.2. The van der Waals surface area contributed by atoms with E-state index in [2.05, 4.69) is 10.3 Å². The third kappa shape index (κ3) is 5.69. The van der Waals surface area contributed by atoms with Gasteiger partial charge in [0, 0.05) is 38.7 Å². The van der Waals surface area contributed by atoms with Gasteiger partial charge >= 0.3 is 12.0 Å². The van der Waals surface area contributed by atoms with E-state index < -0.39 is 23.4 Å². The average Bonchev–Trinajstić information content (AvgIpc) is 3.54. The third-order valence-corrected chi connectivity index (χ3v) is 8.73. The monoisotopic (exact) mass is 646 g/mol. The summed E-state index contributed by atoms with van der Waals surface area (Å²) in [6.07, 6.45) is 1.75. The molecule has 238 valence electrons. The van der Waals surface area contributed by atoms with Crippen molar-refractivity contribution in [3.8, 4) is 17.3 Å². The van der Waals surface area contributed by atoms with Crippen LogP contribution in [0.5, 0.6) is 5.75 Å². The van der Waals surface area contributed by atoms with Crippen LogP contribution in [0.25, 0.3) is 11.5 Å². The molecule has 2 aliphatic rings. The summed E-state index contributed by atoms with van der Waals surface area (Å²) in [5, 5.41) is 2.63. The van der Waals surface area contributed by atoms with Gasteiger partial charge in [-0.05, 0) is 55.3 Å². The Labute approximate surface area is 269 Å². The molecule has 0 spiro atoms. The van der Waals surface area contributed by atoms with E-state index in [1.807, 2.05) is 36.1 Å². The zero-order chi connectivity index (χ0) is 32.6. The number of carbonyl (C=O) groups excluding carboxylic acids is 3. The molecule has 46 heavy (non-hydrogen) atoms. The number of nitrogens with one attached hydrogen (secondary N) is 1. The van der Waals surface area contributed by atoms with Crippen molar-refractivity contribution in [1.29, 1.82) is 0 Å². The molecule has 11 nitrogen and oxygen atoms in total. The molecule has 13 heteroatoms. The van der Waals surface area contributed by atoms with Gasteiger partial charge in [0.25, 0.3) is 0 Å². The van der Waals surface area contributed by atoms with Gasteiger partial charge < -0.3 is 14.0 Å². The van der Waals surface area contributed by atoms with Crippen LogP contribution < -0.4 is 15.0 Å². The van der Waals surface area contributed by atoms with Gasteiger partial charge in [0.1, 0.15) is 29.7 Å². The van der Waals surface area contributed by atoms with E-state index in [4.69, 9.17) is 26.1 Å². The van der Waals surface area contributed by atoms with E-state index in [0.29, 0.717) is 46.9 Å². The predicted octanol–water partition coefficient (Wildman–Crippen LogP) is 5.09. The second-order valence-corrected chi connectivity index (χ2v) is 11.6. The highest BCUT2D eigenvalue weighted by molar-refractivity contribution is 6.31. The highest BCUT2D eigenvalue weighted by Crippen LogP contribution is 2.41. The van der Waals surface area contributed by atoms with Crippen LogP contribution in [0, 0.1) is 5.82 Å². The van der Waals surface area contributed by atoms with Crippen molar-refractivity contribution >= 4 is 35.3 Å². The SMILES string of the molecule is CCOC(=O)C1(C)c2nc(-c3ncc(N4CCC(=O)NC4=O)n3C)ccc2CN1Cc1ccc(OCc2c(F)cccc2Cl)cc1. The number of amides is 3. The van der Waals surface area contributed by atoms with Crippen LogP contribution in [0.15, 0.2) is 60.8 Å². The number of anilines is 1. The fourth-order valence-corrected chi connectivity index (χ4v) is 6.01. The summed E-state index contributed by atoms with van der Waals surface area (Å²) in [5.41, 5.74) is 1.98. The second kappa shape index (κ2) is 12.5. The number of urea groups is 1. The van der Waals surface area contributed by atoms with E-state index >= 15 is 0 Å². The molecular formula is C33H32ClFN6O5. The van der Waals surface area contributed by atoms with Gasteiger partial charge in [0.15, 0.2) is 11.4 Å². The van der Waals surface area contributed by atoms with E-state index in [-0.39, 0.29) is 37.6 Å². The van der Waals surface area contributed by atoms with E-state index in [1.54, 1.807) is 49.0 Å². The number of aromatic nitrogens is 3. The van der Waals surface area contributed by atoms with Crippen molar-refractivity contribution in [2.24, 2.45) is 7.05 Å². The molecule has 1 atom stereocenters. The molecule has 0 bridgehead atoms. The molecule has 3 amide bonds. The molecule has 1 fully saturated rings. The third-order valence-electron chi connectivity index (χ3n) is 8.37. The lowest BCUT2D eigenvalue weighted by Crippen LogP contribution is -2.50. The molecule has 1 N–H and O–H groups in total. The molecule has 6 rings (SSSR count). The van der Waals surface area contributed by atoms with Gasteiger partial charge in [0.2, 0.25) is 5.91 Å².